The van der Waals surface area contributed by atoms with Gasteiger partial charge in [-0.15, -0.1) is 6.42 Å². The van der Waals surface area contributed by atoms with E-state index in [0.717, 1.165) is 50.4 Å². The van der Waals surface area contributed by atoms with Crippen LogP contribution < -0.4 is 10.2 Å². The molecule has 0 spiro atoms. The highest BCUT2D eigenvalue weighted by molar-refractivity contribution is 5.44. The first-order valence-electron chi connectivity index (χ1n) is 7.64. The van der Waals surface area contributed by atoms with Gasteiger partial charge in [-0.3, -0.25) is 0 Å². The molecule has 1 N–H and O–H groups in total. The monoisotopic (exact) mass is 273 g/mol. The molecule has 110 valence electrons. The molecule has 0 saturated carbocycles. The van der Waals surface area contributed by atoms with Gasteiger partial charge in [0.05, 0.1) is 6.54 Å². The van der Waals surface area contributed by atoms with Crippen LogP contribution in [0.1, 0.15) is 44.9 Å². The summed E-state index contributed by atoms with van der Waals surface area (Å²) in [7, 11) is 0. The first-order chi connectivity index (χ1) is 9.74. The van der Waals surface area contributed by atoms with E-state index in [9.17, 15) is 0 Å². The average Bonchev–Trinajstić information content (AvgIpc) is 2.45. The van der Waals surface area contributed by atoms with Crippen molar-refractivity contribution in [3.8, 4) is 12.3 Å². The Morgan fingerprint density at radius 1 is 1.25 bits per heavy atom. The molecule has 0 saturated heterocycles. The molecule has 0 aliphatic heterocycles. The van der Waals surface area contributed by atoms with Gasteiger partial charge in [-0.1, -0.05) is 33.1 Å². The van der Waals surface area contributed by atoms with E-state index in [1.54, 1.807) is 0 Å². The number of aryl methyl sites for hydroxylation is 1. The fourth-order valence-corrected chi connectivity index (χ4v) is 2.21. The Bertz CT molecular complexity index is 434. The summed E-state index contributed by atoms with van der Waals surface area (Å²) < 4.78 is 0. The van der Waals surface area contributed by atoms with Crippen molar-refractivity contribution in [2.24, 2.45) is 0 Å². The SMILES string of the molecule is C#CCN(CCC)c1cc(CNCC)cc(CCC)n1. The number of anilines is 1. The summed E-state index contributed by atoms with van der Waals surface area (Å²) >= 11 is 0. The number of terminal acetylenes is 1. The van der Waals surface area contributed by atoms with E-state index in [4.69, 9.17) is 11.4 Å². The first kappa shape index (κ1) is 16.5. The molecule has 20 heavy (non-hydrogen) atoms. The number of hydrogen-bond acceptors (Lipinski definition) is 3. The van der Waals surface area contributed by atoms with Gasteiger partial charge >= 0.3 is 0 Å². The van der Waals surface area contributed by atoms with Crippen molar-refractivity contribution in [1.29, 1.82) is 0 Å². The van der Waals surface area contributed by atoms with Crippen molar-refractivity contribution in [3.05, 3.63) is 23.4 Å². The van der Waals surface area contributed by atoms with E-state index < -0.39 is 0 Å². The highest BCUT2D eigenvalue weighted by Crippen LogP contribution is 2.17. The predicted molar refractivity (Wildman–Crippen MR) is 86.9 cm³/mol. The van der Waals surface area contributed by atoms with Crippen LogP contribution in [0.4, 0.5) is 5.82 Å². The van der Waals surface area contributed by atoms with Crippen LogP contribution in [0.25, 0.3) is 0 Å². The van der Waals surface area contributed by atoms with Crippen molar-refractivity contribution in [1.82, 2.24) is 10.3 Å². The summed E-state index contributed by atoms with van der Waals surface area (Å²) in [6.45, 7) is 9.91. The smallest absolute Gasteiger partial charge is 0.129 e. The maximum atomic E-state index is 5.48. The van der Waals surface area contributed by atoms with Crippen molar-refractivity contribution >= 4 is 5.82 Å². The van der Waals surface area contributed by atoms with E-state index in [1.165, 1.54) is 5.56 Å². The number of rotatable bonds is 9. The van der Waals surface area contributed by atoms with Crippen LogP contribution in [0, 0.1) is 12.3 Å². The standard InChI is InChI=1S/C17H27N3/c1-5-9-16-12-15(14-18-8-4)13-17(19-16)20(10-6-2)11-7-3/h2,12-13,18H,5,7-11,14H2,1,3-4H3. The first-order valence-corrected chi connectivity index (χ1v) is 7.64. The zero-order valence-electron chi connectivity index (χ0n) is 13.1. The molecule has 3 nitrogen and oxygen atoms in total. The molecule has 0 aromatic carbocycles. The second-order valence-corrected chi connectivity index (χ2v) is 4.98. The highest BCUT2D eigenvalue weighted by Gasteiger charge is 2.09. The van der Waals surface area contributed by atoms with E-state index in [2.05, 4.69) is 49.0 Å². The van der Waals surface area contributed by atoms with Crippen LogP contribution in [-0.2, 0) is 13.0 Å². The van der Waals surface area contributed by atoms with Gasteiger partial charge in [0.15, 0.2) is 0 Å². The van der Waals surface area contributed by atoms with Crippen LogP contribution in [0.3, 0.4) is 0 Å². The van der Waals surface area contributed by atoms with Gasteiger partial charge in [0.1, 0.15) is 5.82 Å². The summed E-state index contributed by atoms with van der Waals surface area (Å²) in [5, 5.41) is 3.38. The summed E-state index contributed by atoms with van der Waals surface area (Å²) in [5.74, 6) is 3.75. The summed E-state index contributed by atoms with van der Waals surface area (Å²) in [6, 6.07) is 4.37. The summed E-state index contributed by atoms with van der Waals surface area (Å²) in [5.41, 5.74) is 2.45. The summed E-state index contributed by atoms with van der Waals surface area (Å²) in [6.07, 6.45) is 8.68. The summed E-state index contributed by atoms with van der Waals surface area (Å²) in [4.78, 5) is 6.96. The molecule has 0 aliphatic rings. The Hall–Kier alpha value is -1.53. The average molecular weight is 273 g/mol. The van der Waals surface area contributed by atoms with E-state index in [1.807, 2.05) is 0 Å². The van der Waals surface area contributed by atoms with Crippen molar-refractivity contribution in [2.45, 2.75) is 46.6 Å². The molecule has 0 aliphatic carbocycles. The quantitative estimate of drug-likeness (QED) is 0.701. The van der Waals surface area contributed by atoms with Gasteiger partial charge in [0, 0.05) is 18.8 Å². The Labute approximate surface area is 123 Å². The Morgan fingerprint density at radius 3 is 2.65 bits per heavy atom. The van der Waals surface area contributed by atoms with E-state index in [-0.39, 0.29) is 0 Å². The molecule has 1 rings (SSSR count). The van der Waals surface area contributed by atoms with Crippen LogP contribution in [0.15, 0.2) is 12.1 Å². The third kappa shape index (κ3) is 5.22. The number of aromatic nitrogens is 1. The lowest BCUT2D eigenvalue weighted by molar-refractivity contribution is 0.720. The van der Waals surface area contributed by atoms with E-state index in [0.29, 0.717) is 6.54 Å². The maximum absolute atomic E-state index is 5.48. The van der Waals surface area contributed by atoms with Crippen LogP contribution in [-0.4, -0.2) is 24.6 Å². The normalized spacial score (nSPS) is 10.3. The topological polar surface area (TPSA) is 28.2 Å². The lowest BCUT2D eigenvalue weighted by Gasteiger charge is -2.22. The minimum atomic E-state index is 0.622. The van der Waals surface area contributed by atoms with Crippen molar-refractivity contribution in [2.75, 3.05) is 24.5 Å². The molecular weight excluding hydrogens is 246 g/mol. The van der Waals surface area contributed by atoms with Gasteiger partial charge in [-0.05, 0) is 37.1 Å². The van der Waals surface area contributed by atoms with Gasteiger partial charge in [0.25, 0.3) is 0 Å². The van der Waals surface area contributed by atoms with Gasteiger partial charge in [-0.25, -0.2) is 4.98 Å². The Morgan fingerprint density at radius 2 is 2.05 bits per heavy atom. The molecule has 0 unspecified atom stereocenters. The molecule has 1 heterocycles. The molecular formula is C17H27N3. The molecule has 0 amide bonds. The molecule has 1 aromatic rings. The Kier molecular flexibility index (Phi) is 7.75. The molecule has 0 bridgehead atoms. The second-order valence-electron chi connectivity index (χ2n) is 4.98. The molecule has 0 fully saturated rings. The highest BCUT2D eigenvalue weighted by atomic mass is 15.2. The number of hydrogen-bond donors (Lipinski definition) is 1. The van der Waals surface area contributed by atoms with Gasteiger partial charge in [0.2, 0.25) is 0 Å². The third-order valence-corrected chi connectivity index (χ3v) is 3.11. The fraction of sp³-hybridized carbons (Fsp3) is 0.588. The largest absolute Gasteiger partial charge is 0.345 e. The second kappa shape index (κ2) is 9.39. The van der Waals surface area contributed by atoms with Gasteiger partial charge in [-0.2, -0.15) is 0 Å². The lowest BCUT2D eigenvalue weighted by atomic mass is 10.1. The number of nitrogens with one attached hydrogen (secondary N) is 1. The van der Waals surface area contributed by atoms with Crippen LogP contribution in [0.2, 0.25) is 0 Å². The minimum absolute atomic E-state index is 0.622. The molecule has 0 atom stereocenters. The van der Waals surface area contributed by atoms with Crippen LogP contribution >= 0.6 is 0 Å². The van der Waals surface area contributed by atoms with Crippen molar-refractivity contribution in [3.63, 3.8) is 0 Å². The number of pyridine rings is 1. The predicted octanol–water partition coefficient (Wildman–Crippen LogP) is 2.99. The minimum Gasteiger partial charge on any atom is -0.345 e. The van der Waals surface area contributed by atoms with Gasteiger partial charge < -0.3 is 10.2 Å². The molecule has 3 heteroatoms. The van der Waals surface area contributed by atoms with E-state index >= 15 is 0 Å². The zero-order valence-corrected chi connectivity index (χ0v) is 13.1. The lowest BCUT2D eigenvalue weighted by Crippen LogP contribution is -2.26. The molecule has 1 aromatic heterocycles. The Balaban J connectivity index is 3.01. The maximum Gasteiger partial charge on any atom is 0.129 e. The third-order valence-electron chi connectivity index (χ3n) is 3.11. The number of nitrogens with zero attached hydrogens (tertiary/aromatic N) is 2. The van der Waals surface area contributed by atoms with Crippen molar-refractivity contribution < 1.29 is 0 Å². The molecule has 0 radical (unpaired) electrons. The zero-order chi connectivity index (χ0) is 14.8. The fourth-order valence-electron chi connectivity index (χ4n) is 2.21. The van der Waals surface area contributed by atoms with Crippen LogP contribution in [0.5, 0.6) is 0 Å².